The van der Waals surface area contributed by atoms with E-state index in [-0.39, 0.29) is 0 Å². The van der Waals surface area contributed by atoms with Crippen molar-refractivity contribution in [2.24, 2.45) is 5.73 Å². The van der Waals surface area contributed by atoms with Crippen LogP contribution in [0.25, 0.3) is 0 Å². The Morgan fingerprint density at radius 2 is 1.00 bits per heavy atom. The molecular weight excluding hydrogens is 220 g/mol. The van der Waals surface area contributed by atoms with Gasteiger partial charge in [-0.3, -0.25) is 0 Å². The zero-order valence-electron chi connectivity index (χ0n) is 13.5. The Morgan fingerprint density at radius 1 is 0.667 bits per heavy atom. The van der Waals surface area contributed by atoms with Crippen LogP contribution in [0.15, 0.2) is 0 Å². The predicted octanol–water partition coefficient (Wildman–Crippen LogP) is 4.43. The second kappa shape index (κ2) is 19.3. The molecule has 0 saturated heterocycles. The van der Waals surface area contributed by atoms with Gasteiger partial charge in [0.2, 0.25) is 0 Å². The maximum Gasteiger partial charge on any atom is -0.00533 e. The maximum atomic E-state index is 5.42. The molecule has 0 aliphatic carbocycles. The van der Waals surface area contributed by atoms with E-state index >= 15 is 0 Å². The Labute approximate surface area is 116 Å². The summed E-state index contributed by atoms with van der Waals surface area (Å²) in [6.07, 6.45) is 13.9. The van der Waals surface area contributed by atoms with Crippen molar-refractivity contribution in [1.29, 1.82) is 0 Å². The van der Waals surface area contributed by atoms with Gasteiger partial charge in [0.05, 0.1) is 0 Å². The lowest BCUT2D eigenvalue weighted by atomic mass is 10.1. The Morgan fingerprint density at radius 3 is 1.28 bits per heavy atom. The highest BCUT2D eigenvalue weighted by molar-refractivity contribution is 4.47. The summed E-state index contributed by atoms with van der Waals surface area (Å²) >= 11 is 0. The van der Waals surface area contributed by atoms with Gasteiger partial charge in [-0.25, -0.2) is 0 Å². The van der Waals surface area contributed by atoms with Crippen LogP contribution in [-0.2, 0) is 0 Å². The fraction of sp³-hybridized carbons (Fsp3) is 1.00. The number of rotatable bonds is 11. The van der Waals surface area contributed by atoms with Gasteiger partial charge in [-0.05, 0) is 33.6 Å². The van der Waals surface area contributed by atoms with E-state index in [0.717, 1.165) is 13.1 Å². The van der Waals surface area contributed by atoms with Gasteiger partial charge >= 0.3 is 0 Å². The van der Waals surface area contributed by atoms with E-state index in [0.29, 0.717) is 0 Å². The summed E-state index contributed by atoms with van der Waals surface area (Å²) in [5, 5.41) is 0. The molecule has 0 aliphatic rings. The van der Waals surface area contributed by atoms with Crippen molar-refractivity contribution in [3.05, 3.63) is 0 Å². The Kier molecular flexibility index (Phi) is 21.7. The van der Waals surface area contributed by atoms with Crippen molar-refractivity contribution < 1.29 is 0 Å². The highest BCUT2D eigenvalue weighted by Gasteiger charge is 1.91. The van der Waals surface area contributed by atoms with Gasteiger partial charge < -0.3 is 10.6 Å². The molecule has 0 saturated carbocycles. The van der Waals surface area contributed by atoms with Gasteiger partial charge in [0, 0.05) is 0 Å². The fourth-order valence-electron chi connectivity index (χ4n) is 1.63. The minimum atomic E-state index is 0.872. The average molecular weight is 258 g/mol. The van der Waals surface area contributed by atoms with Gasteiger partial charge in [0.25, 0.3) is 0 Å². The monoisotopic (exact) mass is 258 g/mol. The molecule has 0 amide bonds. The van der Waals surface area contributed by atoms with E-state index in [1.165, 1.54) is 64.2 Å². The average Bonchev–Trinajstić information content (AvgIpc) is 2.37. The third kappa shape index (κ3) is 24.9. The zero-order valence-corrected chi connectivity index (χ0v) is 13.5. The number of nitrogens with zero attached hydrogens (tertiary/aromatic N) is 1. The van der Waals surface area contributed by atoms with E-state index in [1.54, 1.807) is 0 Å². The van der Waals surface area contributed by atoms with Crippen LogP contribution in [0.3, 0.4) is 0 Å². The van der Waals surface area contributed by atoms with E-state index in [1.807, 2.05) is 0 Å². The zero-order chi connectivity index (χ0) is 14.1. The van der Waals surface area contributed by atoms with Crippen LogP contribution >= 0.6 is 0 Å². The van der Waals surface area contributed by atoms with Crippen LogP contribution in [0.5, 0.6) is 0 Å². The maximum absolute atomic E-state index is 5.42. The van der Waals surface area contributed by atoms with Gasteiger partial charge in [0.1, 0.15) is 0 Å². The summed E-state index contributed by atoms with van der Waals surface area (Å²) in [6.45, 7) is 6.41. The molecule has 2 N–H and O–H groups in total. The molecular formula is C16H38N2. The topological polar surface area (TPSA) is 29.3 Å². The van der Waals surface area contributed by atoms with Crippen molar-refractivity contribution in [3.63, 3.8) is 0 Å². The number of nitrogens with two attached hydrogens (primary N) is 1. The molecule has 2 heteroatoms. The highest BCUT2D eigenvalue weighted by Crippen LogP contribution is 2.09. The van der Waals surface area contributed by atoms with Crippen molar-refractivity contribution in [3.8, 4) is 0 Å². The summed E-state index contributed by atoms with van der Waals surface area (Å²) in [7, 11) is 4.11. The van der Waals surface area contributed by atoms with Gasteiger partial charge in [-0.1, -0.05) is 71.6 Å². The normalized spacial score (nSPS) is 10.3. The molecule has 0 unspecified atom stereocenters. The van der Waals surface area contributed by atoms with Crippen LogP contribution in [0, 0.1) is 0 Å². The van der Waals surface area contributed by atoms with Gasteiger partial charge in [0.15, 0.2) is 0 Å². The van der Waals surface area contributed by atoms with Crippen LogP contribution < -0.4 is 5.73 Å². The lowest BCUT2D eigenvalue weighted by Gasteiger charge is -2.00. The number of hydrogen-bond donors (Lipinski definition) is 1. The molecule has 2 nitrogen and oxygen atoms in total. The molecule has 112 valence electrons. The molecule has 0 aromatic heterocycles. The molecule has 0 aromatic rings. The third-order valence-electron chi connectivity index (χ3n) is 3.19. The van der Waals surface area contributed by atoms with Gasteiger partial charge in [-0.2, -0.15) is 0 Å². The summed E-state index contributed by atoms with van der Waals surface area (Å²) in [5.74, 6) is 0. The molecule has 0 atom stereocenters. The van der Waals surface area contributed by atoms with Crippen LogP contribution in [0.1, 0.15) is 78.1 Å². The van der Waals surface area contributed by atoms with Crippen molar-refractivity contribution in [2.75, 3.05) is 27.2 Å². The molecule has 0 bridgehead atoms. The summed E-state index contributed by atoms with van der Waals surface area (Å²) in [4.78, 5) is 2.12. The first-order valence-corrected chi connectivity index (χ1v) is 8.03. The minimum Gasteiger partial charge on any atom is -0.330 e. The second-order valence-electron chi connectivity index (χ2n) is 5.37. The number of unbranched alkanes of at least 4 members (excludes halogenated alkanes) is 9. The van der Waals surface area contributed by atoms with E-state index in [2.05, 4.69) is 32.8 Å². The molecule has 0 radical (unpaired) electrons. The van der Waals surface area contributed by atoms with E-state index < -0.39 is 0 Å². The smallest absolute Gasteiger partial charge is 0.00533 e. The molecule has 0 rings (SSSR count). The first kappa shape index (κ1) is 20.2. The predicted molar refractivity (Wildman–Crippen MR) is 85.1 cm³/mol. The number of hydrogen-bond acceptors (Lipinski definition) is 2. The second-order valence-corrected chi connectivity index (χ2v) is 5.37. The fourth-order valence-corrected chi connectivity index (χ4v) is 1.63. The Bertz CT molecular complexity index is 114. The molecule has 0 aliphatic heterocycles. The third-order valence-corrected chi connectivity index (χ3v) is 3.19. The Hall–Kier alpha value is -0.0800. The van der Waals surface area contributed by atoms with Crippen LogP contribution in [0.2, 0.25) is 0 Å². The molecule has 0 heterocycles. The summed E-state index contributed by atoms with van der Waals surface area (Å²) in [6, 6.07) is 0. The lowest BCUT2D eigenvalue weighted by molar-refractivity contribution is 0.434. The summed E-state index contributed by atoms with van der Waals surface area (Å²) < 4.78 is 0. The van der Waals surface area contributed by atoms with E-state index in [4.69, 9.17) is 5.73 Å². The van der Waals surface area contributed by atoms with Crippen molar-refractivity contribution >= 4 is 0 Å². The van der Waals surface area contributed by atoms with Crippen LogP contribution in [0.4, 0.5) is 0 Å². The quantitative estimate of drug-likeness (QED) is 0.555. The largest absolute Gasteiger partial charge is 0.330 e. The standard InChI is InChI=1S/C12H27N.C4H11N/c1-2-3-4-5-6-7-8-9-10-11-12-13;1-4-5(2)3/h2-13H2,1H3;4H2,1-3H3. The molecule has 18 heavy (non-hydrogen) atoms. The summed E-state index contributed by atoms with van der Waals surface area (Å²) in [5.41, 5.74) is 5.42. The van der Waals surface area contributed by atoms with E-state index in [9.17, 15) is 0 Å². The highest BCUT2D eigenvalue weighted by atomic mass is 15.0. The minimum absolute atomic E-state index is 0.872. The first-order valence-electron chi connectivity index (χ1n) is 8.03. The molecule has 0 aromatic carbocycles. The molecule has 0 fully saturated rings. The first-order chi connectivity index (χ1) is 8.68. The van der Waals surface area contributed by atoms with Crippen molar-refractivity contribution in [1.82, 2.24) is 4.90 Å². The van der Waals surface area contributed by atoms with Gasteiger partial charge in [-0.15, -0.1) is 0 Å². The van der Waals surface area contributed by atoms with Crippen molar-refractivity contribution in [2.45, 2.75) is 78.1 Å². The molecule has 0 spiro atoms. The Balaban J connectivity index is 0. The lowest BCUT2D eigenvalue weighted by Crippen LogP contribution is -2.08. The van der Waals surface area contributed by atoms with Crippen LogP contribution in [-0.4, -0.2) is 32.1 Å². The SMILES string of the molecule is CCCCCCCCCCCCN.CCN(C)C.